The monoisotopic (exact) mass is 297 g/mol. The van der Waals surface area contributed by atoms with Crippen LogP contribution in [-0.2, 0) is 4.79 Å². The molecule has 15 heavy (non-hydrogen) atoms. The molecule has 1 aromatic carbocycles. The van der Waals surface area contributed by atoms with Crippen LogP contribution in [-0.4, -0.2) is 11.3 Å². The standard InChI is InChI=1S/C9H7BrClF2NO/c1-4(11)9(15)14-8-6(10)2-5(12)3-7(8)13/h2-4H,1H3,(H,14,15)/t4-/m1/s1. The summed E-state index contributed by atoms with van der Waals surface area (Å²) in [6, 6.07) is 1.73. The van der Waals surface area contributed by atoms with Crippen molar-refractivity contribution in [2.45, 2.75) is 12.3 Å². The van der Waals surface area contributed by atoms with Gasteiger partial charge < -0.3 is 5.32 Å². The van der Waals surface area contributed by atoms with Crippen molar-refractivity contribution in [1.29, 1.82) is 0 Å². The number of benzene rings is 1. The van der Waals surface area contributed by atoms with E-state index in [1.807, 2.05) is 0 Å². The largest absolute Gasteiger partial charge is 0.321 e. The average molecular weight is 299 g/mol. The van der Waals surface area contributed by atoms with Gasteiger partial charge in [0.15, 0.2) is 5.82 Å². The van der Waals surface area contributed by atoms with Gasteiger partial charge in [0.25, 0.3) is 0 Å². The van der Waals surface area contributed by atoms with E-state index < -0.39 is 22.9 Å². The number of carbonyl (C=O) groups excluding carboxylic acids is 1. The molecule has 0 aliphatic heterocycles. The number of nitrogens with one attached hydrogen (secondary N) is 1. The minimum Gasteiger partial charge on any atom is -0.321 e. The van der Waals surface area contributed by atoms with Crippen molar-refractivity contribution >= 4 is 39.1 Å². The highest BCUT2D eigenvalue weighted by Gasteiger charge is 2.15. The number of hydrogen-bond donors (Lipinski definition) is 1. The van der Waals surface area contributed by atoms with Crippen LogP contribution in [0.25, 0.3) is 0 Å². The molecule has 0 saturated carbocycles. The quantitative estimate of drug-likeness (QED) is 0.834. The van der Waals surface area contributed by atoms with Crippen molar-refractivity contribution in [3.05, 3.63) is 28.2 Å². The molecular weight excluding hydrogens is 291 g/mol. The minimum absolute atomic E-state index is 0.117. The highest BCUT2D eigenvalue weighted by atomic mass is 79.9. The SMILES string of the molecule is C[C@@H](Cl)C(=O)Nc1c(F)cc(F)cc1Br. The van der Waals surface area contributed by atoms with Crippen molar-refractivity contribution in [3.63, 3.8) is 0 Å². The maximum absolute atomic E-state index is 13.2. The summed E-state index contributed by atoms with van der Waals surface area (Å²) >= 11 is 8.43. The third-order valence-corrected chi connectivity index (χ3v) is 2.44. The van der Waals surface area contributed by atoms with E-state index in [2.05, 4.69) is 21.2 Å². The van der Waals surface area contributed by atoms with E-state index in [1.165, 1.54) is 6.92 Å². The molecule has 0 heterocycles. The molecule has 1 N–H and O–H groups in total. The fourth-order valence-electron chi connectivity index (χ4n) is 0.884. The van der Waals surface area contributed by atoms with Gasteiger partial charge in [0.2, 0.25) is 5.91 Å². The zero-order valence-electron chi connectivity index (χ0n) is 7.65. The molecule has 0 spiro atoms. The van der Waals surface area contributed by atoms with Gasteiger partial charge in [0.05, 0.1) is 5.69 Å². The molecule has 1 atom stereocenters. The predicted molar refractivity (Wildman–Crippen MR) is 58.0 cm³/mol. The lowest BCUT2D eigenvalue weighted by atomic mass is 10.3. The van der Waals surface area contributed by atoms with Gasteiger partial charge in [-0.15, -0.1) is 11.6 Å². The number of halogens is 4. The highest BCUT2D eigenvalue weighted by molar-refractivity contribution is 9.10. The van der Waals surface area contributed by atoms with Gasteiger partial charge in [-0.2, -0.15) is 0 Å². The zero-order chi connectivity index (χ0) is 11.6. The summed E-state index contributed by atoms with van der Waals surface area (Å²) in [4.78, 5) is 11.2. The Morgan fingerprint density at radius 1 is 1.53 bits per heavy atom. The Hall–Kier alpha value is -0.680. The van der Waals surface area contributed by atoms with Crippen LogP contribution < -0.4 is 5.32 Å². The summed E-state index contributed by atoms with van der Waals surface area (Å²) in [5.41, 5.74) is -0.117. The first-order valence-electron chi connectivity index (χ1n) is 4.01. The Morgan fingerprint density at radius 3 is 2.60 bits per heavy atom. The van der Waals surface area contributed by atoms with Crippen LogP contribution in [0.5, 0.6) is 0 Å². The Bertz CT molecular complexity index is 375. The third kappa shape index (κ3) is 3.14. The first-order chi connectivity index (χ1) is 6.91. The Morgan fingerprint density at radius 2 is 2.13 bits per heavy atom. The van der Waals surface area contributed by atoms with Crippen molar-refractivity contribution in [2.75, 3.05) is 5.32 Å². The van der Waals surface area contributed by atoms with Gasteiger partial charge >= 0.3 is 0 Å². The molecular formula is C9H7BrClF2NO. The van der Waals surface area contributed by atoms with E-state index in [0.29, 0.717) is 6.07 Å². The number of carbonyl (C=O) groups is 1. The molecule has 0 aliphatic rings. The van der Waals surface area contributed by atoms with E-state index in [0.717, 1.165) is 6.07 Å². The second-order valence-corrected chi connectivity index (χ2v) is 4.36. The van der Waals surface area contributed by atoms with E-state index in [-0.39, 0.29) is 10.2 Å². The van der Waals surface area contributed by atoms with Gasteiger partial charge in [-0.1, -0.05) is 0 Å². The number of amides is 1. The molecule has 2 nitrogen and oxygen atoms in total. The summed E-state index contributed by atoms with van der Waals surface area (Å²) in [6.07, 6.45) is 0. The Labute approximate surface area is 98.7 Å². The van der Waals surface area contributed by atoms with Crippen molar-refractivity contribution < 1.29 is 13.6 Å². The minimum atomic E-state index is -0.854. The van der Waals surface area contributed by atoms with Gasteiger partial charge in [-0.05, 0) is 28.9 Å². The lowest BCUT2D eigenvalue weighted by Crippen LogP contribution is -2.21. The zero-order valence-corrected chi connectivity index (χ0v) is 9.99. The molecule has 0 aliphatic carbocycles. The summed E-state index contributed by atoms with van der Waals surface area (Å²) < 4.78 is 26.0. The number of alkyl halides is 1. The van der Waals surface area contributed by atoms with Crippen LogP contribution in [0.1, 0.15) is 6.92 Å². The number of anilines is 1. The van der Waals surface area contributed by atoms with Crippen LogP contribution in [0, 0.1) is 11.6 Å². The van der Waals surface area contributed by atoms with Gasteiger partial charge in [0.1, 0.15) is 11.2 Å². The van der Waals surface area contributed by atoms with Crippen LogP contribution in [0.3, 0.4) is 0 Å². The molecule has 1 rings (SSSR count). The smallest absolute Gasteiger partial charge is 0.242 e. The molecule has 0 aromatic heterocycles. The Balaban J connectivity index is 3.00. The lowest BCUT2D eigenvalue weighted by molar-refractivity contribution is -0.115. The molecule has 1 amide bonds. The predicted octanol–water partition coefficient (Wildman–Crippen LogP) is 3.29. The molecule has 0 bridgehead atoms. The van der Waals surface area contributed by atoms with Crippen LogP contribution in [0.15, 0.2) is 16.6 Å². The molecule has 0 radical (unpaired) electrons. The van der Waals surface area contributed by atoms with E-state index in [9.17, 15) is 13.6 Å². The van der Waals surface area contributed by atoms with Crippen LogP contribution in [0.2, 0.25) is 0 Å². The Kier molecular flexibility index (Phi) is 4.04. The van der Waals surface area contributed by atoms with Crippen LogP contribution in [0.4, 0.5) is 14.5 Å². The molecule has 0 fully saturated rings. The topological polar surface area (TPSA) is 29.1 Å². The highest BCUT2D eigenvalue weighted by Crippen LogP contribution is 2.27. The first kappa shape index (κ1) is 12.4. The molecule has 0 unspecified atom stereocenters. The average Bonchev–Trinajstić information content (AvgIpc) is 2.10. The maximum Gasteiger partial charge on any atom is 0.242 e. The molecule has 6 heteroatoms. The second kappa shape index (κ2) is 4.90. The maximum atomic E-state index is 13.2. The van der Waals surface area contributed by atoms with Crippen molar-refractivity contribution in [3.8, 4) is 0 Å². The van der Waals surface area contributed by atoms with E-state index in [4.69, 9.17) is 11.6 Å². The summed E-state index contributed by atoms with van der Waals surface area (Å²) in [7, 11) is 0. The van der Waals surface area contributed by atoms with Crippen molar-refractivity contribution in [2.24, 2.45) is 0 Å². The van der Waals surface area contributed by atoms with Gasteiger partial charge in [0, 0.05) is 10.5 Å². The normalized spacial score (nSPS) is 12.3. The summed E-state index contributed by atoms with van der Waals surface area (Å²) in [5.74, 6) is -2.13. The first-order valence-corrected chi connectivity index (χ1v) is 5.24. The molecule has 0 saturated heterocycles. The summed E-state index contributed by atoms with van der Waals surface area (Å²) in [5, 5.41) is 1.46. The van der Waals surface area contributed by atoms with E-state index in [1.54, 1.807) is 0 Å². The fraction of sp³-hybridized carbons (Fsp3) is 0.222. The van der Waals surface area contributed by atoms with Gasteiger partial charge in [-0.25, -0.2) is 8.78 Å². The van der Waals surface area contributed by atoms with Crippen molar-refractivity contribution in [1.82, 2.24) is 0 Å². The third-order valence-electron chi connectivity index (χ3n) is 1.62. The fourth-order valence-corrected chi connectivity index (χ4v) is 1.45. The second-order valence-electron chi connectivity index (χ2n) is 2.85. The number of rotatable bonds is 2. The summed E-state index contributed by atoms with van der Waals surface area (Å²) in [6.45, 7) is 1.45. The lowest BCUT2D eigenvalue weighted by Gasteiger charge is -2.09. The van der Waals surface area contributed by atoms with Crippen LogP contribution >= 0.6 is 27.5 Å². The molecule has 1 aromatic rings. The number of hydrogen-bond acceptors (Lipinski definition) is 1. The molecule has 82 valence electrons. The van der Waals surface area contributed by atoms with E-state index >= 15 is 0 Å². The van der Waals surface area contributed by atoms with Gasteiger partial charge in [-0.3, -0.25) is 4.79 Å².